The summed E-state index contributed by atoms with van der Waals surface area (Å²) in [5, 5.41) is 6.24. The fraction of sp³-hybridized carbons (Fsp3) is 0.222. The van der Waals surface area contributed by atoms with Crippen LogP contribution in [0.3, 0.4) is 0 Å². The molecule has 8 N–H and O–H groups in total. The maximum Gasteiger partial charge on any atom is 0.247 e. The largest absolute Gasteiger partial charge is 0.370 e. The normalized spacial score (nSPS) is 12.6. The first-order valence-corrected chi connectivity index (χ1v) is 13.9. The molecule has 0 aliphatic rings. The smallest absolute Gasteiger partial charge is 0.247 e. The molecular weight excluding hydrogens is 639 g/mol. The van der Waals surface area contributed by atoms with Crippen LogP contribution in [0.1, 0.15) is 18.4 Å². The summed E-state index contributed by atoms with van der Waals surface area (Å²) in [6.07, 6.45) is 3.47. The number of carbonyl (C=O) groups excluding carboxylic acids is 2. The number of nitrogens with one attached hydrogen (secondary N) is 2. The van der Waals surface area contributed by atoms with Gasteiger partial charge in [-0.25, -0.2) is 0 Å². The van der Waals surface area contributed by atoms with E-state index < -0.39 is 27.8 Å². The molecule has 0 saturated heterocycles. The molecule has 0 aliphatic carbocycles. The SMILES string of the molecule is NC(N)=NCCC[C@H](N)C(=O)N(C(=S)Nc1cccc2cccnc12)C(NC(=O)/C=C/c1ccccc1)C(Cl)(Cl)Cl.S. The molecule has 2 aromatic carbocycles. The Morgan fingerprint density at radius 3 is 2.43 bits per heavy atom. The Hall–Kier alpha value is -3.13. The van der Waals surface area contributed by atoms with Crippen LogP contribution in [-0.4, -0.2) is 55.3 Å². The fourth-order valence-electron chi connectivity index (χ4n) is 3.76. The number of hydrogen-bond donors (Lipinski definition) is 5. The predicted molar refractivity (Wildman–Crippen MR) is 181 cm³/mol. The molecule has 10 nitrogen and oxygen atoms in total. The van der Waals surface area contributed by atoms with Crippen molar-refractivity contribution >= 4 is 106 Å². The van der Waals surface area contributed by atoms with Crippen LogP contribution in [0.15, 0.2) is 77.9 Å². The average Bonchev–Trinajstić information content (AvgIpc) is 2.93. The van der Waals surface area contributed by atoms with E-state index in [1.807, 2.05) is 42.5 Å². The van der Waals surface area contributed by atoms with Crippen molar-refractivity contribution in [1.29, 1.82) is 0 Å². The van der Waals surface area contributed by atoms with E-state index in [1.54, 1.807) is 30.5 Å². The van der Waals surface area contributed by atoms with E-state index in [-0.39, 0.29) is 37.5 Å². The summed E-state index contributed by atoms with van der Waals surface area (Å²) < 4.78 is -2.22. The summed E-state index contributed by atoms with van der Waals surface area (Å²) in [6, 6.07) is 17.1. The zero-order valence-corrected chi connectivity index (χ0v) is 26.3. The molecule has 1 aromatic heterocycles. The monoisotopic (exact) mass is 668 g/mol. The van der Waals surface area contributed by atoms with Gasteiger partial charge in [-0.15, -0.1) is 0 Å². The number of benzene rings is 2. The topological polar surface area (TPSA) is 165 Å². The van der Waals surface area contributed by atoms with E-state index in [0.717, 1.165) is 15.8 Å². The van der Waals surface area contributed by atoms with Gasteiger partial charge in [-0.05, 0) is 48.8 Å². The van der Waals surface area contributed by atoms with Crippen LogP contribution in [-0.2, 0) is 9.59 Å². The minimum atomic E-state index is -2.22. The Kier molecular flexibility index (Phi) is 13.8. The van der Waals surface area contributed by atoms with E-state index in [2.05, 4.69) is 20.6 Å². The number of pyridine rings is 1. The Labute approximate surface area is 271 Å². The van der Waals surface area contributed by atoms with Gasteiger partial charge in [0.2, 0.25) is 15.6 Å². The summed E-state index contributed by atoms with van der Waals surface area (Å²) in [5.74, 6) is -1.42. The molecule has 2 amide bonds. The first-order chi connectivity index (χ1) is 19.5. The number of fused-ring (bicyclic) bond motifs is 1. The minimum absolute atomic E-state index is 0. The van der Waals surface area contributed by atoms with Crippen molar-refractivity contribution in [1.82, 2.24) is 15.2 Å². The van der Waals surface area contributed by atoms with Gasteiger partial charge in [0.25, 0.3) is 0 Å². The van der Waals surface area contributed by atoms with Crippen LogP contribution >= 0.6 is 60.5 Å². The van der Waals surface area contributed by atoms with Crippen LogP contribution in [0, 0.1) is 0 Å². The molecule has 42 heavy (non-hydrogen) atoms. The first-order valence-electron chi connectivity index (χ1n) is 12.4. The highest BCUT2D eigenvalue weighted by Gasteiger charge is 2.43. The zero-order chi connectivity index (χ0) is 30.0. The van der Waals surface area contributed by atoms with Crippen LogP contribution in [0.5, 0.6) is 0 Å². The lowest BCUT2D eigenvalue weighted by atomic mass is 10.1. The highest BCUT2D eigenvalue weighted by Crippen LogP contribution is 2.33. The molecule has 2 atom stereocenters. The van der Waals surface area contributed by atoms with Gasteiger partial charge >= 0.3 is 0 Å². The van der Waals surface area contributed by atoms with Gasteiger partial charge in [-0.1, -0.05) is 83.3 Å². The van der Waals surface area contributed by atoms with Crippen molar-refractivity contribution in [2.24, 2.45) is 22.2 Å². The first kappa shape index (κ1) is 35.1. The zero-order valence-electron chi connectivity index (χ0n) is 22.2. The number of amides is 2. The summed E-state index contributed by atoms with van der Waals surface area (Å²) in [4.78, 5) is 35.9. The molecule has 0 aliphatic heterocycles. The third-order valence-electron chi connectivity index (χ3n) is 5.69. The number of guanidine groups is 1. The molecule has 3 aromatic rings. The van der Waals surface area contributed by atoms with E-state index >= 15 is 0 Å². The number of aromatic nitrogens is 1. The van der Waals surface area contributed by atoms with Gasteiger partial charge in [-0.2, -0.15) is 13.5 Å². The number of alkyl halides is 3. The van der Waals surface area contributed by atoms with Gasteiger partial charge in [0.1, 0.15) is 0 Å². The molecule has 0 bridgehead atoms. The third kappa shape index (κ3) is 10.3. The van der Waals surface area contributed by atoms with E-state index in [9.17, 15) is 9.59 Å². The lowest BCUT2D eigenvalue weighted by Crippen LogP contribution is -2.62. The van der Waals surface area contributed by atoms with Crippen molar-refractivity contribution in [3.63, 3.8) is 0 Å². The molecule has 0 spiro atoms. The van der Waals surface area contributed by atoms with E-state index in [1.165, 1.54) is 6.08 Å². The molecule has 1 heterocycles. The maximum absolute atomic E-state index is 13.7. The summed E-state index contributed by atoms with van der Waals surface area (Å²) in [7, 11) is 0. The summed E-state index contributed by atoms with van der Waals surface area (Å²) in [5.41, 5.74) is 18.8. The highest BCUT2D eigenvalue weighted by atomic mass is 35.6. The lowest BCUT2D eigenvalue weighted by molar-refractivity contribution is -0.131. The van der Waals surface area contributed by atoms with Gasteiger partial charge in [-0.3, -0.25) is 24.5 Å². The van der Waals surface area contributed by atoms with Crippen LogP contribution in [0.4, 0.5) is 5.69 Å². The number of anilines is 1. The molecule has 0 radical (unpaired) electrons. The van der Waals surface area contributed by atoms with Gasteiger partial charge in [0.15, 0.2) is 17.2 Å². The van der Waals surface area contributed by atoms with Gasteiger partial charge in [0, 0.05) is 24.2 Å². The Morgan fingerprint density at radius 2 is 1.76 bits per heavy atom. The summed E-state index contributed by atoms with van der Waals surface area (Å²) in [6.45, 7) is 0.253. The van der Waals surface area contributed by atoms with Crippen LogP contribution < -0.4 is 27.8 Å². The van der Waals surface area contributed by atoms with Crippen molar-refractivity contribution in [2.45, 2.75) is 28.8 Å². The second-order valence-corrected chi connectivity index (χ2v) is 11.5. The van der Waals surface area contributed by atoms with Crippen LogP contribution in [0.25, 0.3) is 17.0 Å². The van der Waals surface area contributed by atoms with Crippen LogP contribution in [0.2, 0.25) is 0 Å². The minimum Gasteiger partial charge on any atom is -0.370 e. The second-order valence-electron chi connectivity index (χ2n) is 8.77. The molecular formula is C27H31Cl3N8O2S2. The highest BCUT2D eigenvalue weighted by molar-refractivity contribution is 7.80. The molecule has 224 valence electrons. The van der Waals surface area contributed by atoms with Crippen molar-refractivity contribution in [2.75, 3.05) is 11.9 Å². The maximum atomic E-state index is 13.7. The number of rotatable bonds is 10. The number of carbonyl (C=O) groups is 2. The molecule has 0 fully saturated rings. The third-order valence-corrected chi connectivity index (χ3v) is 6.61. The lowest BCUT2D eigenvalue weighted by Gasteiger charge is -2.37. The number of aliphatic imine (C=N–C) groups is 1. The van der Waals surface area contributed by atoms with Crippen molar-refractivity contribution in [3.05, 3.63) is 78.5 Å². The number of halogens is 3. The van der Waals surface area contributed by atoms with Gasteiger partial charge in [0.05, 0.1) is 17.2 Å². The average molecular weight is 670 g/mol. The molecule has 15 heteroatoms. The standard InChI is InChI=1S/C27H29Cl3N8O2S.H2S/c28-27(29,30)24(37-21(39)14-13-17-7-2-1-3-8-17)38(23(40)19(31)11-6-16-35-25(32)33)26(41)36-20-12-4-9-18-10-5-15-34-22(18)20;/h1-5,7-10,12-15,19,24H,6,11,16,31H2,(H,36,41)(H,37,39)(H4,32,33,35);1H2/b14-13+;/t19-,24?;/m0./s1. The Balaban J connectivity index is 0.00000616. The fourth-order valence-corrected chi connectivity index (χ4v) is 4.52. The van der Waals surface area contributed by atoms with Gasteiger partial charge < -0.3 is 27.8 Å². The molecule has 0 saturated carbocycles. The number of nitrogens with two attached hydrogens (primary N) is 3. The quantitative estimate of drug-likeness (QED) is 0.0414. The summed E-state index contributed by atoms with van der Waals surface area (Å²) >= 11 is 24.6. The van der Waals surface area contributed by atoms with E-state index in [4.69, 9.17) is 64.2 Å². The number of para-hydroxylation sites is 1. The van der Waals surface area contributed by atoms with E-state index in [0.29, 0.717) is 17.6 Å². The van der Waals surface area contributed by atoms with Crippen molar-refractivity contribution < 1.29 is 9.59 Å². The molecule has 3 rings (SSSR count). The Bertz CT molecular complexity index is 1430. The Morgan fingerprint density at radius 1 is 1.07 bits per heavy atom. The number of hydrogen-bond acceptors (Lipinski definition) is 6. The number of nitrogens with zero attached hydrogens (tertiary/aromatic N) is 3. The molecule has 1 unspecified atom stereocenters. The number of thiocarbonyl (C=S) groups is 1. The predicted octanol–water partition coefficient (Wildman–Crippen LogP) is 3.78. The van der Waals surface area contributed by atoms with Crippen molar-refractivity contribution in [3.8, 4) is 0 Å². The second kappa shape index (κ2) is 16.5.